The summed E-state index contributed by atoms with van der Waals surface area (Å²) in [4.78, 5) is 10.3. The van der Waals surface area contributed by atoms with Crippen LogP contribution in [0.3, 0.4) is 0 Å². The number of hydrogen-bond donors (Lipinski definition) is 4. The number of rotatable bonds is 21. The van der Waals surface area contributed by atoms with E-state index in [2.05, 4.69) is 6.92 Å². The van der Waals surface area contributed by atoms with Gasteiger partial charge in [-0.1, -0.05) is 96.8 Å². The Labute approximate surface area is 179 Å². The summed E-state index contributed by atoms with van der Waals surface area (Å²) in [5.41, 5.74) is 0. The third kappa shape index (κ3) is 29.6. The van der Waals surface area contributed by atoms with Gasteiger partial charge in [0, 0.05) is 32.2 Å². The normalized spacial score (nSPS) is 10.8. The molecule has 176 valence electrons. The number of carboxylic acids is 1. The predicted octanol–water partition coefficient (Wildman–Crippen LogP) is 5.69. The highest BCUT2D eigenvalue weighted by Crippen LogP contribution is 2.13. The van der Waals surface area contributed by atoms with Crippen LogP contribution in [0.15, 0.2) is 0 Å². The minimum atomic E-state index is -0.653. The molecule has 0 atom stereocenters. The summed E-state index contributed by atoms with van der Waals surface area (Å²) in [7, 11) is 0. The summed E-state index contributed by atoms with van der Waals surface area (Å²) >= 11 is 0. The van der Waals surface area contributed by atoms with Crippen molar-refractivity contribution in [3.63, 3.8) is 0 Å². The summed E-state index contributed by atoms with van der Waals surface area (Å²) in [6.07, 6.45) is 21.6. The molecule has 0 saturated heterocycles. The van der Waals surface area contributed by atoms with E-state index < -0.39 is 5.97 Å². The van der Waals surface area contributed by atoms with E-state index in [0.717, 1.165) is 12.8 Å². The van der Waals surface area contributed by atoms with E-state index in [0.29, 0.717) is 19.3 Å². The maximum absolute atomic E-state index is 10.3. The Morgan fingerprint density at radius 3 is 1.31 bits per heavy atom. The van der Waals surface area contributed by atoms with Crippen molar-refractivity contribution in [2.45, 2.75) is 122 Å². The van der Waals surface area contributed by atoms with Gasteiger partial charge in [0.1, 0.15) is 0 Å². The number of aliphatic carboxylic acids is 1. The summed E-state index contributed by atoms with van der Waals surface area (Å²) in [6, 6.07) is 0. The second kappa shape index (κ2) is 27.4. The van der Waals surface area contributed by atoms with Gasteiger partial charge >= 0.3 is 5.97 Å². The lowest BCUT2D eigenvalue weighted by Crippen LogP contribution is -2.11. The Kier molecular flexibility index (Phi) is 28.8. The lowest BCUT2D eigenvalue weighted by Gasteiger charge is -2.07. The molecule has 5 heteroatoms. The molecule has 0 aliphatic rings. The van der Waals surface area contributed by atoms with Crippen LogP contribution in [0, 0.1) is 5.92 Å². The summed E-state index contributed by atoms with van der Waals surface area (Å²) in [5, 5.41) is 33.9. The van der Waals surface area contributed by atoms with Crippen LogP contribution in [0.2, 0.25) is 0 Å². The first-order chi connectivity index (χ1) is 14.1. The van der Waals surface area contributed by atoms with E-state index in [-0.39, 0.29) is 25.7 Å². The highest BCUT2D eigenvalue weighted by Gasteiger charge is 2.03. The van der Waals surface area contributed by atoms with Crippen LogP contribution in [0.5, 0.6) is 0 Å². The molecular formula is C24H50O5. The molecule has 0 aromatic heterocycles. The van der Waals surface area contributed by atoms with Gasteiger partial charge in [0.05, 0.1) is 0 Å². The molecule has 0 spiro atoms. The van der Waals surface area contributed by atoms with Crippen molar-refractivity contribution < 1.29 is 25.2 Å². The van der Waals surface area contributed by atoms with E-state index >= 15 is 0 Å². The number of aliphatic hydroxyl groups excluding tert-OH is 3. The molecule has 0 heterocycles. The van der Waals surface area contributed by atoms with E-state index in [9.17, 15) is 4.79 Å². The molecule has 0 aliphatic carbocycles. The Balaban J connectivity index is 0. The molecular weight excluding hydrogens is 368 g/mol. The van der Waals surface area contributed by atoms with Gasteiger partial charge < -0.3 is 20.4 Å². The SMILES string of the molecule is CCCCCCCCCCCCCCCCCC(=O)O.OCCCC(CO)CO. The number of hydrogen-bond acceptors (Lipinski definition) is 4. The van der Waals surface area contributed by atoms with Crippen molar-refractivity contribution in [2.75, 3.05) is 19.8 Å². The quantitative estimate of drug-likeness (QED) is 0.179. The van der Waals surface area contributed by atoms with Crippen LogP contribution in [-0.4, -0.2) is 46.2 Å². The molecule has 5 nitrogen and oxygen atoms in total. The Morgan fingerprint density at radius 2 is 1.00 bits per heavy atom. The Morgan fingerprint density at radius 1 is 0.621 bits per heavy atom. The van der Waals surface area contributed by atoms with Crippen molar-refractivity contribution in [1.82, 2.24) is 0 Å². The van der Waals surface area contributed by atoms with Crippen LogP contribution in [0.4, 0.5) is 0 Å². The fraction of sp³-hybridized carbons (Fsp3) is 0.958. The van der Waals surface area contributed by atoms with Crippen molar-refractivity contribution in [3.05, 3.63) is 0 Å². The van der Waals surface area contributed by atoms with Gasteiger partial charge in [-0.25, -0.2) is 0 Å². The zero-order valence-electron chi connectivity index (χ0n) is 19.1. The number of carboxylic acid groups (broad SMARTS) is 1. The maximum Gasteiger partial charge on any atom is 0.303 e. The van der Waals surface area contributed by atoms with Gasteiger partial charge in [0.25, 0.3) is 0 Å². The van der Waals surface area contributed by atoms with Gasteiger partial charge in [-0.2, -0.15) is 0 Å². The minimum absolute atomic E-state index is 0.0104. The predicted molar refractivity (Wildman–Crippen MR) is 121 cm³/mol. The Hall–Kier alpha value is -0.650. The first kappa shape index (κ1) is 30.5. The zero-order valence-corrected chi connectivity index (χ0v) is 19.1. The van der Waals surface area contributed by atoms with Crippen LogP contribution < -0.4 is 0 Å². The maximum atomic E-state index is 10.3. The number of aliphatic hydroxyl groups is 3. The molecule has 0 bridgehead atoms. The Bertz CT molecular complexity index is 306. The van der Waals surface area contributed by atoms with E-state index in [1.54, 1.807) is 0 Å². The van der Waals surface area contributed by atoms with E-state index in [1.165, 1.54) is 83.5 Å². The first-order valence-electron chi connectivity index (χ1n) is 12.2. The van der Waals surface area contributed by atoms with Gasteiger partial charge in [-0.15, -0.1) is 0 Å². The van der Waals surface area contributed by atoms with Crippen molar-refractivity contribution in [2.24, 2.45) is 5.92 Å². The topological polar surface area (TPSA) is 98.0 Å². The van der Waals surface area contributed by atoms with Crippen molar-refractivity contribution >= 4 is 5.97 Å². The lowest BCUT2D eigenvalue weighted by atomic mass is 10.0. The van der Waals surface area contributed by atoms with Gasteiger partial charge in [-0.05, 0) is 19.3 Å². The van der Waals surface area contributed by atoms with Crippen molar-refractivity contribution in [1.29, 1.82) is 0 Å². The number of carbonyl (C=O) groups is 1. The molecule has 0 aromatic rings. The summed E-state index contributed by atoms with van der Waals surface area (Å²) < 4.78 is 0. The summed E-state index contributed by atoms with van der Waals surface area (Å²) in [6.45, 7) is 2.43. The number of unbranched alkanes of at least 4 members (excludes halogenated alkanes) is 14. The average molecular weight is 419 g/mol. The second-order valence-electron chi connectivity index (χ2n) is 8.19. The van der Waals surface area contributed by atoms with Crippen LogP contribution >= 0.6 is 0 Å². The van der Waals surface area contributed by atoms with E-state index in [1.807, 2.05) is 0 Å². The standard InChI is InChI=1S/C18H36O2.C6H14O3/c1-2-3-4-5-6-7-8-9-10-11-12-13-14-15-16-17-18(19)20;7-3-1-2-6(4-8)5-9/h2-17H2,1H3,(H,19,20);6-9H,1-5H2. The third-order valence-corrected chi connectivity index (χ3v) is 5.28. The molecule has 0 saturated carbocycles. The lowest BCUT2D eigenvalue weighted by molar-refractivity contribution is -0.137. The van der Waals surface area contributed by atoms with Gasteiger partial charge in [0.15, 0.2) is 0 Å². The monoisotopic (exact) mass is 418 g/mol. The largest absolute Gasteiger partial charge is 0.481 e. The smallest absolute Gasteiger partial charge is 0.303 e. The fourth-order valence-corrected chi connectivity index (χ4v) is 3.27. The average Bonchev–Trinajstić information content (AvgIpc) is 2.72. The molecule has 0 fully saturated rings. The molecule has 0 radical (unpaired) electrons. The fourth-order valence-electron chi connectivity index (χ4n) is 3.27. The second-order valence-corrected chi connectivity index (χ2v) is 8.19. The van der Waals surface area contributed by atoms with E-state index in [4.69, 9.17) is 20.4 Å². The highest BCUT2D eigenvalue weighted by atomic mass is 16.4. The van der Waals surface area contributed by atoms with Gasteiger partial charge in [0.2, 0.25) is 0 Å². The highest BCUT2D eigenvalue weighted by molar-refractivity contribution is 5.66. The molecule has 0 unspecified atom stereocenters. The summed E-state index contributed by atoms with van der Waals surface area (Å²) in [5.74, 6) is -0.697. The van der Waals surface area contributed by atoms with Crippen molar-refractivity contribution in [3.8, 4) is 0 Å². The van der Waals surface area contributed by atoms with Crippen LogP contribution in [0.25, 0.3) is 0 Å². The molecule has 0 aliphatic heterocycles. The third-order valence-electron chi connectivity index (χ3n) is 5.28. The molecule has 0 rings (SSSR count). The molecule has 4 N–H and O–H groups in total. The van der Waals surface area contributed by atoms with Crippen LogP contribution in [0.1, 0.15) is 122 Å². The molecule has 0 amide bonds. The molecule has 0 aromatic carbocycles. The zero-order chi connectivity index (χ0) is 22.0. The van der Waals surface area contributed by atoms with Gasteiger partial charge in [-0.3, -0.25) is 4.79 Å². The molecule has 29 heavy (non-hydrogen) atoms. The first-order valence-corrected chi connectivity index (χ1v) is 12.2. The minimum Gasteiger partial charge on any atom is -0.481 e. The van der Waals surface area contributed by atoms with Crippen LogP contribution in [-0.2, 0) is 4.79 Å².